The number of aromatic nitrogens is 1. The van der Waals surface area contributed by atoms with E-state index in [-0.39, 0.29) is 0 Å². The number of para-hydroxylation sites is 1. The Hall–Kier alpha value is -0.740. The largest absolute Gasteiger partial charge is 0.252 e. The third-order valence-corrected chi connectivity index (χ3v) is 5.74. The van der Waals surface area contributed by atoms with E-state index in [1.165, 1.54) is 4.90 Å². The van der Waals surface area contributed by atoms with Crippen LogP contribution < -0.4 is 0 Å². The van der Waals surface area contributed by atoms with Gasteiger partial charge in [-0.25, -0.2) is 0 Å². The van der Waals surface area contributed by atoms with E-state index in [0.717, 1.165) is 32.4 Å². The predicted molar refractivity (Wildman–Crippen MR) is 100 cm³/mol. The summed E-state index contributed by atoms with van der Waals surface area (Å²) in [5, 5.41) is 2.54. The van der Waals surface area contributed by atoms with Gasteiger partial charge in [0.2, 0.25) is 0 Å². The zero-order valence-electron chi connectivity index (χ0n) is 11.7. The fourth-order valence-corrected chi connectivity index (χ4v) is 4.57. The minimum absolute atomic E-state index is 0.705. The fraction of sp³-hybridized carbons (Fsp3) is 0.118. The standard InChI is InChI=1S/C17H12BrCl2NS/c1-10-8-16(11-4-2-5-13(18)17(11)21-10)22-9-12-14(19)6-3-7-15(12)20/h2-8H,9H2,1H3. The van der Waals surface area contributed by atoms with Crippen molar-refractivity contribution in [3.05, 3.63) is 68.2 Å². The number of pyridine rings is 1. The van der Waals surface area contributed by atoms with Crippen molar-refractivity contribution >= 4 is 61.8 Å². The van der Waals surface area contributed by atoms with Crippen LogP contribution in [0.5, 0.6) is 0 Å². The summed E-state index contributed by atoms with van der Waals surface area (Å²) in [7, 11) is 0. The monoisotopic (exact) mass is 411 g/mol. The first-order valence-electron chi connectivity index (χ1n) is 6.68. The summed E-state index contributed by atoms with van der Waals surface area (Å²) in [6.45, 7) is 2.01. The minimum Gasteiger partial charge on any atom is -0.252 e. The van der Waals surface area contributed by atoms with Gasteiger partial charge in [0.25, 0.3) is 0 Å². The molecule has 0 unspecified atom stereocenters. The predicted octanol–water partition coefficient (Wildman–Crippen LogP) is 6.90. The van der Waals surface area contributed by atoms with Gasteiger partial charge in [0.1, 0.15) is 0 Å². The van der Waals surface area contributed by atoms with Crippen LogP contribution in [0.15, 0.2) is 51.8 Å². The van der Waals surface area contributed by atoms with Crippen molar-refractivity contribution in [2.24, 2.45) is 0 Å². The molecular formula is C17H12BrCl2NS. The maximum atomic E-state index is 6.25. The third-order valence-electron chi connectivity index (χ3n) is 3.31. The van der Waals surface area contributed by atoms with Crippen LogP contribution in [0.4, 0.5) is 0 Å². The van der Waals surface area contributed by atoms with Crippen molar-refractivity contribution < 1.29 is 0 Å². The zero-order chi connectivity index (χ0) is 15.7. The van der Waals surface area contributed by atoms with E-state index in [2.05, 4.69) is 33.0 Å². The Labute approximate surface area is 152 Å². The van der Waals surface area contributed by atoms with Gasteiger partial charge >= 0.3 is 0 Å². The van der Waals surface area contributed by atoms with E-state index in [9.17, 15) is 0 Å². The van der Waals surface area contributed by atoms with Crippen molar-refractivity contribution in [2.75, 3.05) is 0 Å². The van der Waals surface area contributed by atoms with E-state index in [0.29, 0.717) is 10.0 Å². The van der Waals surface area contributed by atoms with Crippen LogP contribution in [0, 0.1) is 6.92 Å². The third kappa shape index (κ3) is 3.28. The first kappa shape index (κ1) is 16.1. The number of thioether (sulfide) groups is 1. The molecule has 5 heteroatoms. The minimum atomic E-state index is 0.705. The molecule has 0 N–H and O–H groups in total. The van der Waals surface area contributed by atoms with Gasteiger partial charge in [0.05, 0.1) is 5.52 Å². The molecule has 0 bridgehead atoms. The smallest absolute Gasteiger partial charge is 0.0858 e. The van der Waals surface area contributed by atoms with Gasteiger partial charge in [-0.3, -0.25) is 4.98 Å². The lowest BCUT2D eigenvalue weighted by Gasteiger charge is -2.10. The summed E-state index contributed by atoms with van der Waals surface area (Å²) in [5.41, 5.74) is 2.94. The summed E-state index contributed by atoms with van der Waals surface area (Å²) in [5.74, 6) is 0.726. The van der Waals surface area contributed by atoms with Crippen LogP contribution in [-0.2, 0) is 5.75 Å². The maximum absolute atomic E-state index is 6.25. The second-order valence-electron chi connectivity index (χ2n) is 4.89. The van der Waals surface area contributed by atoms with Gasteiger partial charge in [-0.15, -0.1) is 11.8 Å². The van der Waals surface area contributed by atoms with E-state index >= 15 is 0 Å². The van der Waals surface area contributed by atoms with Crippen molar-refractivity contribution in [2.45, 2.75) is 17.6 Å². The maximum Gasteiger partial charge on any atom is 0.0858 e. The molecule has 0 spiro atoms. The van der Waals surface area contributed by atoms with Crippen LogP contribution in [0.25, 0.3) is 10.9 Å². The van der Waals surface area contributed by atoms with Crippen molar-refractivity contribution in [1.29, 1.82) is 0 Å². The van der Waals surface area contributed by atoms with E-state index in [1.54, 1.807) is 11.8 Å². The van der Waals surface area contributed by atoms with Gasteiger partial charge in [-0.1, -0.05) is 41.4 Å². The lowest BCUT2D eigenvalue weighted by molar-refractivity contribution is 1.21. The van der Waals surface area contributed by atoms with Crippen LogP contribution in [0.1, 0.15) is 11.3 Å². The van der Waals surface area contributed by atoms with Gasteiger partial charge in [-0.2, -0.15) is 0 Å². The van der Waals surface area contributed by atoms with E-state index < -0.39 is 0 Å². The molecule has 1 nitrogen and oxygen atoms in total. The number of benzene rings is 2. The molecule has 3 rings (SSSR count). The molecule has 0 aliphatic heterocycles. The number of fused-ring (bicyclic) bond motifs is 1. The molecule has 0 aliphatic rings. The first-order chi connectivity index (χ1) is 10.6. The molecular weight excluding hydrogens is 401 g/mol. The highest BCUT2D eigenvalue weighted by Gasteiger charge is 2.10. The van der Waals surface area contributed by atoms with Crippen LogP contribution in [0.3, 0.4) is 0 Å². The molecule has 0 radical (unpaired) electrons. The highest BCUT2D eigenvalue weighted by Crippen LogP contribution is 2.36. The summed E-state index contributed by atoms with van der Waals surface area (Å²) >= 11 is 17.8. The lowest BCUT2D eigenvalue weighted by Crippen LogP contribution is -1.90. The zero-order valence-corrected chi connectivity index (χ0v) is 15.7. The van der Waals surface area contributed by atoms with Crippen LogP contribution in [0.2, 0.25) is 10.0 Å². The molecule has 1 aromatic heterocycles. The van der Waals surface area contributed by atoms with Gasteiger partial charge in [0.15, 0.2) is 0 Å². The number of aryl methyl sites for hydroxylation is 1. The second kappa shape index (κ2) is 6.79. The Morgan fingerprint density at radius 3 is 2.50 bits per heavy atom. The molecule has 0 aliphatic carbocycles. The number of hydrogen-bond acceptors (Lipinski definition) is 2. The van der Waals surface area contributed by atoms with E-state index in [1.807, 2.05) is 37.3 Å². The summed E-state index contributed by atoms with van der Waals surface area (Å²) in [6.07, 6.45) is 0. The number of nitrogens with zero attached hydrogens (tertiary/aromatic N) is 1. The Morgan fingerprint density at radius 2 is 1.77 bits per heavy atom. The molecule has 1 heterocycles. The Morgan fingerprint density at radius 1 is 1.09 bits per heavy atom. The second-order valence-corrected chi connectivity index (χ2v) is 7.57. The van der Waals surface area contributed by atoms with Crippen molar-refractivity contribution in [3.63, 3.8) is 0 Å². The van der Waals surface area contributed by atoms with Crippen LogP contribution >= 0.6 is 50.9 Å². The highest BCUT2D eigenvalue weighted by atomic mass is 79.9. The molecule has 2 aromatic carbocycles. The quantitative estimate of drug-likeness (QED) is 0.433. The summed E-state index contributed by atoms with van der Waals surface area (Å²) in [6, 6.07) is 13.8. The number of rotatable bonds is 3. The van der Waals surface area contributed by atoms with Crippen molar-refractivity contribution in [3.8, 4) is 0 Å². The molecule has 22 heavy (non-hydrogen) atoms. The average molecular weight is 413 g/mol. The van der Waals surface area contributed by atoms with E-state index in [4.69, 9.17) is 23.2 Å². The molecule has 0 atom stereocenters. The molecule has 0 amide bonds. The first-order valence-corrected chi connectivity index (χ1v) is 9.21. The Kier molecular flexibility index (Phi) is 4.98. The fourth-order valence-electron chi connectivity index (χ4n) is 2.24. The topological polar surface area (TPSA) is 12.9 Å². The van der Waals surface area contributed by atoms with Gasteiger partial charge < -0.3 is 0 Å². The molecule has 0 saturated carbocycles. The molecule has 0 fully saturated rings. The Bertz CT molecular complexity index is 831. The van der Waals surface area contributed by atoms with Crippen LogP contribution in [-0.4, -0.2) is 4.98 Å². The summed E-state index contributed by atoms with van der Waals surface area (Å²) < 4.78 is 1.01. The Balaban J connectivity index is 1.99. The lowest BCUT2D eigenvalue weighted by atomic mass is 10.2. The van der Waals surface area contributed by atoms with Gasteiger partial charge in [0, 0.05) is 36.2 Å². The number of hydrogen-bond donors (Lipinski definition) is 0. The molecule has 0 saturated heterocycles. The summed E-state index contributed by atoms with van der Waals surface area (Å²) in [4.78, 5) is 5.79. The molecule has 3 aromatic rings. The van der Waals surface area contributed by atoms with Crippen molar-refractivity contribution in [1.82, 2.24) is 4.98 Å². The molecule has 112 valence electrons. The van der Waals surface area contributed by atoms with Gasteiger partial charge in [-0.05, 0) is 52.7 Å². The normalized spacial score (nSPS) is 11.1. The SMILES string of the molecule is Cc1cc(SCc2c(Cl)cccc2Cl)c2cccc(Br)c2n1. The average Bonchev–Trinajstić information content (AvgIpc) is 2.47. The highest BCUT2D eigenvalue weighted by molar-refractivity contribution is 9.10. The number of halogens is 3.